The SMILES string of the molecule is Cc1cnc2c(C(C)C)cccc2n1. The van der Waals surface area contributed by atoms with E-state index in [1.807, 2.05) is 25.3 Å². The van der Waals surface area contributed by atoms with Gasteiger partial charge in [0.25, 0.3) is 0 Å². The Hall–Kier alpha value is -1.44. The van der Waals surface area contributed by atoms with Crippen molar-refractivity contribution in [2.75, 3.05) is 0 Å². The van der Waals surface area contributed by atoms with E-state index >= 15 is 0 Å². The highest BCUT2D eigenvalue weighted by Crippen LogP contribution is 2.22. The van der Waals surface area contributed by atoms with E-state index < -0.39 is 0 Å². The van der Waals surface area contributed by atoms with Crippen molar-refractivity contribution in [3.05, 3.63) is 35.7 Å². The minimum Gasteiger partial charge on any atom is -0.252 e. The fraction of sp³-hybridized carbons (Fsp3) is 0.333. The average Bonchev–Trinajstić information content (AvgIpc) is 2.16. The Morgan fingerprint density at radius 3 is 2.71 bits per heavy atom. The molecular weight excluding hydrogens is 172 g/mol. The van der Waals surface area contributed by atoms with Gasteiger partial charge in [-0.2, -0.15) is 0 Å². The highest BCUT2D eigenvalue weighted by molar-refractivity contribution is 5.78. The molecule has 0 radical (unpaired) electrons. The molecule has 0 saturated heterocycles. The van der Waals surface area contributed by atoms with Gasteiger partial charge >= 0.3 is 0 Å². The van der Waals surface area contributed by atoms with Crippen molar-refractivity contribution in [2.45, 2.75) is 26.7 Å². The standard InChI is InChI=1S/C12H14N2/c1-8(2)10-5-4-6-11-12(10)13-7-9(3)14-11/h4-8H,1-3H3. The van der Waals surface area contributed by atoms with Crippen LogP contribution in [-0.4, -0.2) is 9.97 Å². The largest absolute Gasteiger partial charge is 0.252 e. The molecule has 0 unspecified atom stereocenters. The summed E-state index contributed by atoms with van der Waals surface area (Å²) < 4.78 is 0. The van der Waals surface area contributed by atoms with Crippen LogP contribution in [0.15, 0.2) is 24.4 Å². The van der Waals surface area contributed by atoms with Gasteiger partial charge in [-0.05, 0) is 24.5 Å². The molecule has 0 N–H and O–H groups in total. The van der Waals surface area contributed by atoms with Crippen LogP contribution in [0.3, 0.4) is 0 Å². The molecule has 0 aliphatic heterocycles. The minimum atomic E-state index is 0.496. The summed E-state index contributed by atoms with van der Waals surface area (Å²) >= 11 is 0. The molecule has 0 atom stereocenters. The normalized spacial score (nSPS) is 11.1. The van der Waals surface area contributed by atoms with Gasteiger partial charge in [-0.3, -0.25) is 4.98 Å². The zero-order valence-corrected chi connectivity index (χ0v) is 8.78. The van der Waals surface area contributed by atoms with E-state index in [2.05, 4.69) is 29.9 Å². The molecule has 2 aromatic rings. The van der Waals surface area contributed by atoms with Crippen molar-refractivity contribution in [2.24, 2.45) is 0 Å². The lowest BCUT2D eigenvalue weighted by molar-refractivity contribution is 0.871. The van der Waals surface area contributed by atoms with Crippen molar-refractivity contribution >= 4 is 11.0 Å². The van der Waals surface area contributed by atoms with Crippen molar-refractivity contribution in [3.63, 3.8) is 0 Å². The zero-order valence-electron chi connectivity index (χ0n) is 8.78. The van der Waals surface area contributed by atoms with E-state index in [1.54, 1.807) is 0 Å². The van der Waals surface area contributed by atoms with E-state index in [1.165, 1.54) is 5.56 Å². The van der Waals surface area contributed by atoms with Gasteiger partial charge in [-0.25, -0.2) is 4.98 Å². The lowest BCUT2D eigenvalue weighted by Crippen LogP contribution is -1.94. The molecule has 14 heavy (non-hydrogen) atoms. The second-order valence-corrected chi connectivity index (χ2v) is 3.88. The number of fused-ring (bicyclic) bond motifs is 1. The summed E-state index contributed by atoms with van der Waals surface area (Å²) in [6.07, 6.45) is 1.83. The van der Waals surface area contributed by atoms with Crippen LogP contribution < -0.4 is 0 Å². The van der Waals surface area contributed by atoms with Crippen LogP contribution in [0, 0.1) is 6.92 Å². The predicted octanol–water partition coefficient (Wildman–Crippen LogP) is 3.06. The third kappa shape index (κ3) is 1.48. The number of hydrogen-bond acceptors (Lipinski definition) is 2. The first-order valence-corrected chi connectivity index (χ1v) is 4.91. The Morgan fingerprint density at radius 2 is 2.00 bits per heavy atom. The van der Waals surface area contributed by atoms with Gasteiger partial charge in [0.05, 0.1) is 16.7 Å². The molecule has 2 heteroatoms. The van der Waals surface area contributed by atoms with E-state index in [0.717, 1.165) is 16.7 Å². The number of nitrogens with zero attached hydrogens (tertiary/aromatic N) is 2. The highest BCUT2D eigenvalue weighted by atomic mass is 14.8. The third-order valence-electron chi connectivity index (χ3n) is 2.35. The van der Waals surface area contributed by atoms with Crippen LogP contribution in [0.2, 0.25) is 0 Å². The van der Waals surface area contributed by atoms with Gasteiger partial charge < -0.3 is 0 Å². The van der Waals surface area contributed by atoms with Gasteiger partial charge in [0.1, 0.15) is 0 Å². The van der Waals surface area contributed by atoms with Gasteiger partial charge in [0.15, 0.2) is 0 Å². The lowest BCUT2D eigenvalue weighted by atomic mass is 10.0. The maximum Gasteiger partial charge on any atom is 0.0921 e. The fourth-order valence-corrected chi connectivity index (χ4v) is 1.62. The van der Waals surface area contributed by atoms with Crippen LogP contribution in [0.1, 0.15) is 31.0 Å². The molecule has 0 aliphatic carbocycles. The minimum absolute atomic E-state index is 0.496. The second-order valence-electron chi connectivity index (χ2n) is 3.88. The fourth-order valence-electron chi connectivity index (χ4n) is 1.62. The van der Waals surface area contributed by atoms with Crippen LogP contribution in [0.25, 0.3) is 11.0 Å². The molecule has 1 heterocycles. The van der Waals surface area contributed by atoms with E-state index in [4.69, 9.17) is 0 Å². The first-order chi connectivity index (χ1) is 6.68. The highest BCUT2D eigenvalue weighted by Gasteiger charge is 2.06. The monoisotopic (exact) mass is 186 g/mol. The van der Waals surface area contributed by atoms with Gasteiger partial charge in [-0.1, -0.05) is 26.0 Å². The molecule has 72 valence electrons. The van der Waals surface area contributed by atoms with E-state index in [-0.39, 0.29) is 0 Å². The number of benzene rings is 1. The number of aromatic nitrogens is 2. The number of rotatable bonds is 1. The number of aryl methyl sites for hydroxylation is 1. The van der Waals surface area contributed by atoms with Crippen LogP contribution in [0.4, 0.5) is 0 Å². The summed E-state index contributed by atoms with van der Waals surface area (Å²) in [6, 6.07) is 6.18. The Labute approximate surface area is 84.0 Å². The zero-order chi connectivity index (χ0) is 10.1. The summed E-state index contributed by atoms with van der Waals surface area (Å²) in [4.78, 5) is 8.90. The molecule has 2 rings (SSSR count). The molecule has 1 aromatic heterocycles. The number of para-hydroxylation sites is 1. The van der Waals surface area contributed by atoms with Crippen LogP contribution in [-0.2, 0) is 0 Å². The first kappa shape index (κ1) is 9.13. The maximum absolute atomic E-state index is 4.46. The van der Waals surface area contributed by atoms with Crippen molar-refractivity contribution in [1.82, 2.24) is 9.97 Å². The Kier molecular flexibility index (Phi) is 2.20. The average molecular weight is 186 g/mol. The summed E-state index contributed by atoms with van der Waals surface area (Å²) in [6.45, 7) is 6.32. The number of hydrogen-bond donors (Lipinski definition) is 0. The van der Waals surface area contributed by atoms with Gasteiger partial charge in [0, 0.05) is 6.20 Å². The summed E-state index contributed by atoms with van der Waals surface area (Å²) in [5, 5.41) is 0. The lowest BCUT2D eigenvalue weighted by Gasteiger charge is -2.08. The van der Waals surface area contributed by atoms with Crippen molar-refractivity contribution in [1.29, 1.82) is 0 Å². The third-order valence-corrected chi connectivity index (χ3v) is 2.35. The van der Waals surface area contributed by atoms with Gasteiger partial charge in [0.2, 0.25) is 0 Å². The van der Waals surface area contributed by atoms with E-state index in [0.29, 0.717) is 5.92 Å². The van der Waals surface area contributed by atoms with Crippen LogP contribution in [0.5, 0.6) is 0 Å². The van der Waals surface area contributed by atoms with Crippen molar-refractivity contribution < 1.29 is 0 Å². The Balaban J connectivity index is 2.75. The predicted molar refractivity (Wildman–Crippen MR) is 58.4 cm³/mol. The van der Waals surface area contributed by atoms with E-state index in [9.17, 15) is 0 Å². The maximum atomic E-state index is 4.46. The second kappa shape index (κ2) is 3.37. The molecule has 0 fully saturated rings. The molecule has 0 amide bonds. The molecule has 0 spiro atoms. The molecule has 2 nitrogen and oxygen atoms in total. The smallest absolute Gasteiger partial charge is 0.0921 e. The summed E-state index contributed by atoms with van der Waals surface area (Å²) in [5.74, 6) is 0.496. The summed E-state index contributed by atoms with van der Waals surface area (Å²) in [7, 11) is 0. The first-order valence-electron chi connectivity index (χ1n) is 4.91. The van der Waals surface area contributed by atoms with Crippen LogP contribution >= 0.6 is 0 Å². The Bertz CT molecular complexity index is 461. The topological polar surface area (TPSA) is 25.8 Å². The molecule has 0 saturated carbocycles. The Morgan fingerprint density at radius 1 is 1.21 bits per heavy atom. The molecular formula is C12H14N2. The molecule has 0 bridgehead atoms. The van der Waals surface area contributed by atoms with Gasteiger partial charge in [-0.15, -0.1) is 0 Å². The summed E-state index contributed by atoms with van der Waals surface area (Å²) in [5.41, 5.74) is 4.28. The quantitative estimate of drug-likeness (QED) is 0.684. The van der Waals surface area contributed by atoms with Crippen molar-refractivity contribution in [3.8, 4) is 0 Å². The molecule has 0 aliphatic rings. The molecule has 1 aromatic carbocycles.